The first-order valence-corrected chi connectivity index (χ1v) is 13.4. The molecule has 3 heteroatoms. The molecule has 0 aromatic heterocycles. The number of carbonyl (C=O) groups excluding carboxylic acids is 1. The van der Waals surface area contributed by atoms with Gasteiger partial charge in [0.2, 0.25) is 5.78 Å². The Labute approximate surface area is 174 Å². The van der Waals surface area contributed by atoms with Crippen molar-refractivity contribution in [1.82, 2.24) is 0 Å². The van der Waals surface area contributed by atoms with E-state index in [4.69, 9.17) is 4.43 Å². The molecule has 0 heterocycles. The van der Waals surface area contributed by atoms with Gasteiger partial charge >= 0.3 is 0 Å². The highest BCUT2D eigenvalue weighted by atomic mass is 28.4. The first-order valence-electron chi connectivity index (χ1n) is 10.5. The van der Waals surface area contributed by atoms with Gasteiger partial charge in [-0.1, -0.05) is 62.1 Å². The van der Waals surface area contributed by atoms with Gasteiger partial charge in [0.05, 0.1) is 12.0 Å². The van der Waals surface area contributed by atoms with Crippen LogP contribution in [0.3, 0.4) is 0 Å². The molecule has 0 amide bonds. The average molecular weight is 401 g/mol. The van der Waals surface area contributed by atoms with Crippen LogP contribution in [-0.4, -0.2) is 20.2 Å². The van der Waals surface area contributed by atoms with Crippen LogP contribution in [0.1, 0.15) is 73.6 Å². The van der Waals surface area contributed by atoms with E-state index >= 15 is 0 Å². The molecular formula is C25H40O2Si. The Morgan fingerprint density at radius 3 is 2.43 bits per heavy atom. The van der Waals surface area contributed by atoms with Crippen molar-refractivity contribution in [2.24, 2.45) is 5.92 Å². The third-order valence-electron chi connectivity index (χ3n) is 6.01. The molecule has 28 heavy (non-hydrogen) atoms. The van der Waals surface area contributed by atoms with E-state index in [0.29, 0.717) is 6.42 Å². The molecular weight excluding hydrogens is 360 g/mol. The summed E-state index contributed by atoms with van der Waals surface area (Å²) in [7, 11) is -1.91. The zero-order valence-electron chi connectivity index (χ0n) is 19.4. The molecule has 1 unspecified atom stereocenters. The van der Waals surface area contributed by atoms with Crippen molar-refractivity contribution in [3.63, 3.8) is 0 Å². The Morgan fingerprint density at radius 2 is 1.86 bits per heavy atom. The molecule has 1 aliphatic carbocycles. The van der Waals surface area contributed by atoms with Crippen molar-refractivity contribution >= 4 is 14.1 Å². The normalized spacial score (nSPS) is 26.8. The average Bonchev–Trinajstić information content (AvgIpc) is 2.52. The zero-order valence-corrected chi connectivity index (χ0v) is 20.4. The Bertz CT molecular complexity index is 692. The van der Waals surface area contributed by atoms with Crippen LogP contribution in [0.5, 0.6) is 0 Å². The van der Waals surface area contributed by atoms with Crippen molar-refractivity contribution in [3.8, 4) is 11.8 Å². The number of allylic oxidation sites excluding steroid dienone is 4. The number of hydrogen-bond donors (Lipinski definition) is 0. The molecule has 1 rings (SSSR count). The molecule has 0 spiro atoms. The van der Waals surface area contributed by atoms with Gasteiger partial charge in [0, 0.05) is 6.42 Å². The topological polar surface area (TPSA) is 26.3 Å². The van der Waals surface area contributed by atoms with Crippen molar-refractivity contribution in [1.29, 1.82) is 0 Å². The highest BCUT2D eigenvalue weighted by Gasteiger charge is 2.38. The number of Topliss-reactive ketones (excluding diaryl/α,β-unsaturated/α-hetero) is 1. The molecule has 2 nitrogen and oxygen atoms in total. The number of carbonyl (C=O) groups is 1. The number of rotatable bonds is 3. The van der Waals surface area contributed by atoms with E-state index in [2.05, 4.69) is 78.3 Å². The Balaban J connectivity index is 3.17. The van der Waals surface area contributed by atoms with Crippen molar-refractivity contribution in [2.45, 2.75) is 97.9 Å². The van der Waals surface area contributed by atoms with Crippen LogP contribution in [0, 0.1) is 17.8 Å². The van der Waals surface area contributed by atoms with Crippen LogP contribution < -0.4 is 0 Å². The minimum Gasteiger partial charge on any atom is -0.410 e. The molecule has 0 fully saturated rings. The fourth-order valence-corrected chi connectivity index (χ4v) is 4.30. The minimum atomic E-state index is -1.91. The lowest BCUT2D eigenvalue weighted by Crippen LogP contribution is -2.43. The fraction of sp³-hybridized carbons (Fsp3) is 0.640. The van der Waals surface area contributed by atoms with Crippen LogP contribution >= 0.6 is 0 Å². The summed E-state index contributed by atoms with van der Waals surface area (Å²) in [5.74, 6) is 5.84. The molecule has 0 saturated carbocycles. The van der Waals surface area contributed by atoms with Gasteiger partial charge in [-0.05, 0) is 70.5 Å². The number of hydrogen-bond acceptors (Lipinski definition) is 2. The minimum absolute atomic E-state index is 0.0101. The quantitative estimate of drug-likeness (QED) is 0.221. The summed E-state index contributed by atoms with van der Waals surface area (Å²) >= 11 is 0. The van der Waals surface area contributed by atoms with Crippen molar-refractivity contribution in [3.05, 3.63) is 35.5 Å². The summed E-state index contributed by atoms with van der Waals surface area (Å²) in [4.78, 5) is 12.6. The summed E-state index contributed by atoms with van der Waals surface area (Å²) < 4.78 is 6.62. The fourth-order valence-electron chi connectivity index (χ4n) is 3.04. The maximum absolute atomic E-state index is 12.6. The first kappa shape index (κ1) is 24.7. The molecule has 0 aromatic carbocycles. The SMILES string of the molecule is C=C(C)C1CC/C(C)=C/CC/C(C)=C/[C@H](O[Si](C)(C)C(C)(C)C)CC#CC1=O. The van der Waals surface area contributed by atoms with E-state index in [1.54, 1.807) is 0 Å². The van der Waals surface area contributed by atoms with E-state index < -0.39 is 8.32 Å². The van der Waals surface area contributed by atoms with E-state index in [-0.39, 0.29) is 22.8 Å². The lowest BCUT2D eigenvalue weighted by molar-refractivity contribution is -0.116. The van der Waals surface area contributed by atoms with Gasteiger partial charge in [0.15, 0.2) is 8.32 Å². The van der Waals surface area contributed by atoms with Crippen LogP contribution in [0.25, 0.3) is 0 Å². The highest BCUT2D eigenvalue weighted by Crippen LogP contribution is 2.38. The third kappa shape index (κ3) is 7.93. The Morgan fingerprint density at radius 1 is 1.21 bits per heavy atom. The van der Waals surface area contributed by atoms with E-state index in [0.717, 1.165) is 31.3 Å². The second kappa shape index (κ2) is 10.4. The van der Waals surface area contributed by atoms with Crippen molar-refractivity contribution < 1.29 is 9.22 Å². The maximum Gasteiger partial charge on any atom is 0.212 e. The Hall–Kier alpha value is -1.37. The van der Waals surface area contributed by atoms with Gasteiger partial charge in [-0.15, -0.1) is 0 Å². The lowest BCUT2D eigenvalue weighted by atomic mass is 9.90. The summed E-state index contributed by atoms with van der Waals surface area (Å²) in [6, 6.07) is 0. The summed E-state index contributed by atoms with van der Waals surface area (Å²) in [6.45, 7) is 21.6. The maximum atomic E-state index is 12.6. The van der Waals surface area contributed by atoms with Gasteiger partial charge in [-0.2, -0.15) is 0 Å². The van der Waals surface area contributed by atoms with E-state index in [1.807, 2.05) is 6.92 Å². The smallest absolute Gasteiger partial charge is 0.212 e. The largest absolute Gasteiger partial charge is 0.410 e. The van der Waals surface area contributed by atoms with Crippen molar-refractivity contribution in [2.75, 3.05) is 0 Å². The van der Waals surface area contributed by atoms with Gasteiger partial charge in [0.1, 0.15) is 0 Å². The van der Waals surface area contributed by atoms with Crippen LogP contribution in [0.2, 0.25) is 18.1 Å². The van der Waals surface area contributed by atoms with E-state index in [1.165, 1.54) is 11.1 Å². The predicted molar refractivity (Wildman–Crippen MR) is 124 cm³/mol. The van der Waals surface area contributed by atoms with Gasteiger partial charge < -0.3 is 4.43 Å². The summed E-state index contributed by atoms with van der Waals surface area (Å²) in [5, 5.41) is 0.141. The lowest BCUT2D eigenvalue weighted by Gasteiger charge is -2.38. The third-order valence-corrected chi connectivity index (χ3v) is 10.5. The summed E-state index contributed by atoms with van der Waals surface area (Å²) in [5.41, 5.74) is 3.58. The molecule has 0 N–H and O–H groups in total. The number of ketones is 1. The molecule has 0 aromatic rings. The predicted octanol–water partition coefficient (Wildman–Crippen LogP) is 7.00. The van der Waals surface area contributed by atoms with Gasteiger partial charge in [-0.3, -0.25) is 4.79 Å². The van der Waals surface area contributed by atoms with Gasteiger partial charge in [-0.25, -0.2) is 0 Å². The molecule has 0 saturated heterocycles. The second-order valence-electron chi connectivity index (χ2n) is 9.83. The molecule has 0 bridgehead atoms. The second-order valence-corrected chi connectivity index (χ2v) is 14.6. The zero-order chi connectivity index (χ0) is 21.5. The Kier molecular flexibility index (Phi) is 9.18. The van der Waals surface area contributed by atoms with Crippen LogP contribution in [0.15, 0.2) is 35.5 Å². The molecule has 2 atom stereocenters. The molecule has 1 aliphatic rings. The monoisotopic (exact) mass is 400 g/mol. The summed E-state index contributed by atoms with van der Waals surface area (Å²) in [6.07, 6.45) is 8.81. The standard InChI is InChI=1S/C25H40O2Si/c1-19(2)23-17-16-20(3)12-10-13-21(4)18-22(14-11-15-24(23)26)27-28(8,9)25(5,6)7/h12,18,22-23H,1,10,13-14,16-17H2,2-9H3/b20-12+,21-18+/t22-,23?/m1/s1. The highest BCUT2D eigenvalue weighted by molar-refractivity contribution is 6.74. The van der Waals surface area contributed by atoms with Crippen LogP contribution in [0.4, 0.5) is 0 Å². The molecule has 0 aliphatic heterocycles. The first-order chi connectivity index (χ1) is 12.8. The van der Waals surface area contributed by atoms with Crippen LogP contribution in [-0.2, 0) is 9.22 Å². The van der Waals surface area contributed by atoms with Gasteiger partial charge in [0.25, 0.3) is 0 Å². The van der Waals surface area contributed by atoms with E-state index in [9.17, 15) is 4.79 Å². The molecule has 0 radical (unpaired) electrons. The molecule has 156 valence electrons.